The molecule has 2 amide bonds. The van der Waals surface area contributed by atoms with Crippen LogP contribution in [0.1, 0.15) is 44.6 Å². The molecule has 1 aliphatic carbocycles. The average molecular weight is 412 g/mol. The fourth-order valence-corrected chi connectivity index (χ4v) is 5.86. The normalized spacial score (nSPS) is 24.3. The Morgan fingerprint density at radius 2 is 1.90 bits per heavy atom. The van der Waals surface area contributed by atoms with Crippen molar-refractivity contribution in [2.24, 2.45) is 24.1 Å². The first-order chi connectivity index (χ1) is 14.4. The minimum Gasteiger partial charge on any atom is -0.370 e. The number of imidazole rings is 1. The topological polar surface area (TPSA) is 102 Å². The Hall–Kier alpha value is -2.61. The molecular formula is C22H29N5O3. The number of benzene rings is 1. The Morgan fingerprint density at radius 1 is 1.17 bits per heavy atom. The summed E-state index contributed by atoms with van der Waals surface area (Å²) < 4.78 is 3.20. The molecule has 0 radical (unpaired) electrons. The number of imide groups is 1. The molecule has 8 nitrogen and oxygen atoms in total. The predicted octanol–water partition coefficient (Wildman–Crippen LogP) is 1.27. The summed E-state index contributed by atoms with van der Waals surface area (Å²) in [5.41, 5.74) is 8.72. The van der Waals surface area contributed by atoms with Gasteiger partial charge in [-0.1, -0.05) is 6.07 Å². The fourth-order valence-electron chi connectivity index (χ4n) is 5.86. The van der Waals surface area contributed by atoms with Crippen LogP contribution >= 0.6 is 0 Å². The van der Waals surface area contributed by atoms with Crippen molar-refractivity contribution in [1.29, 1.82) is 0 Å². The second-order valence-corrected chi connectivity index (χ2v) is 9.32. The largest absolute Gasteiger partial charge is 0.370 e. The number of carbonyl (C=O) groups is 2. The van der Waals surface area contributed by atoms with Crippen LogP contribution < -0.4 is 21.6 Å². The number of nitrogens with two attached hydrogens (primary N) is 1. The molecule has 2 aromatic rings. The van der Waals surface area contributed by atoms with Crippen molar-refractivity contribution in [2.75, 3.05) is 24.5 Å². The third-order valence-corrected chi connectivity index (χ3v) is 7.54. The number of nitrogens with zero attached hydrogens (tertiary/aromatic N) is 3. The first-order valence-electron chi connectivity index (χ1n) is 10.9. The summed E-state index contributed by atoms with van der Waals surface area (Å²) in [4.78, 5) is 39.5. The summed E-state index contributed by atoms with van der Waals surface area (Å²) in [6.45, 7) is 2.73. The Balaban J connectivity index is 1.47. The molecule has 30 heavy (non-hydrogen) atoms. The lowest BCUT2D eigenvalue weighted by Crippen LogP contribution is -2.48. The van der Waals surface area contributed by atoms with E-state index in [-0.39, 0.29) is 18.0 Å². The number of carbonyl (C=O) groups excluding carboxylic acids is 2. The quantitative estimate of drug-likeness (QED) is 0.741. The summed E-state index contributed by atoms with van der Waals surface area (Å²) in [5.74, 6) is 0.00862. The van der Waals surface area contributed by atoms with Crippen molar-refractivity contribution < 1.29 is 9.59 Å². The van der Waals surface area contributed by atoms with E-state index in [1.54, 1.807) is 16.2 Å². The minimum atomic E-state index is -0.651. The molecule has 5 rings (SSSR count). The third kappa shape index (κ3) is 2.88. The van der Waals surface area contributed by atoms with Gasteiger partial charge in [0.1, 0.15) is 6.04 Å². The second-order valence-electron chi connectivity index (χ2n) is 9.32. The van der Waals surface area contributed by atoms with Gasteiger partial charge in [-0.25, -0.2) is 4.79 Å². The van der Waals surface area contributed by atoms with E-state index in [4.69, 9.17) is 5.73 Å². The summed E-state index contributed by atoms with van der Waals surface area (Å²) in [5, 5.41) is 2.37. The van der Waals surface area contributed by atoms with E-state index in [2.05, 4.69) is 16.3 Å². The van der Waals surface area contributed by atoms with Crippen LogP contribution in [-0.2, 0) is 16.6 Å². The van der Waals surface area contributed by atoms with Gasteiger partial charge >= 0.3 is 5.69 Å². The maximum atomic E-state index is 13.1. The van der Waals surface area contributed by atoms with Gasteiger partial charge in [-0.3, -0.25) is 24.0 Å². The number of rotatable bonds is 3. The third-order valence-electron chi connectivity index (χ3n) is 7.54. The zero-order valence-electron chi connectivity index (χ0n) is 17.4. The van der Waals surface area contributed by atoms with Crippen LogP contribution in [0.5, 0.6) is 0 Å². The number of fused-ring (bicyclic) bond motifs is 1. The van der Waals surface area contributed by atoms with Crippen molar-refractivity contribution in [3.63, 3.8) is 0 Å². The van der Waals surface area contributed by atoms with Crippen LogP contribution in [0.3, 0.4) is 0 Å². The van der Waals surface area contributed by atoms with Crippen LogP contribution in [0.4, 0.5) is 5.69 Å². The highest BCUT2D eigenvalue weighted by atomic mass is 16.2. The zero-order valence-corrected chi connectivity index (χ0v) is 17.4. The zero-order chi connectivity index (χ0) is 21.0. The molecule has 2 saturated heterocycles. The lowest BCUT2D eigenvalue weighted by molar-refractivity contribution is -0.135. The molecule has 1 aromatic heterocycles. The number of hydrogen-bond acceptors (Lipinski definition) is 5. The Bertz CT molecular complexity index is 1070. The lowest BCUT2D eigenvalue weighted by atomic mass is 9.57. The van der Waals surface area contributed by atoms with E-state index in [9.17, 15) is 14.4 Å². The van der Waals surface area contributed by atoms with E-state index < -0.39 is 11.9 Å². The SMILES string of the molecule is Cn1c(=O)n(C2CCC(=O)NC2=O)c2cccc(N3CCC4(CC3)CC(CN)C4)c21. The number of anilines is 1. The number of hydrogen-bond donors (Lipinski definition) is 2. The van der Waals surface area contributed by atoms with Crippen LogP contribution in [0, 0.1) is 11.3 Å². The second kappa shape index (κ2) is 6.97. The van der Waals surface area contributed by atoms with Crippen LogP contribution in [0.15, 0.2) is 23.0 Å². The molecule has 2 aliphatic heterocycles. The van der Waals surface area contributed by atoms with Crippen LogP contribution in [-0.4, -0.2) is 40.6 Å². The molecule has 1 unspecified atom stereocenters. The van der Waals surface area contributed by atoms with E-state index in [1.165, 1.54) is 12.8 Å². The minimum absolute atomic E-state index is 0.217. The van der Waals surface area contributed by atoms with Gasteiger partial charge in [-0.05, 0) is 62.1 Å². The number of aryl methyl sites for hydroxylation is 1. The first-order valence-corrected chi connectivity index (χ1v) is 10.9. The number of aromatic nitrogens is 2. The van der Waals surface area contributed by atoms with Crippen LogP contribution in [0.25, 0.3) is 11.0 Å². The highest BCUT2D eigenvalue weighted by molar-refractivity contribution is 6.00. The molecule has 1 spiro atoms. The lowest BCUT2D eigenvalue weighted by Gasteiger charge is -2.52. The van der Waals surface area contributed by atoms with Gasteiger partial charge in [0.25, 0.3) is 0 Å². The van der Waals surface area contributed by atoms with E-state index in [1.807, 2.05) is 12.1 Å². The molecule has 3 fully saturated rings. The monoisotopic (exact) mass is 411 g/mol. The van der Waals surface area contributed by atoms with Gasteiger partial charge in [0.05, 0.1) is 16.7 Å². The molecule has 3 N–H and O–H groups in total. The van der Waals surface area contributed by atoms with Crippen molar-refractivity contribution in [1.82, 2.24) is 14.5 Å². The highest BCUT2D eigenvalue weighted by Crippen LogP contribution is 2.52. The Labute approximate surface area is 175 Å². The molecule has 3 aliphatic rings. The van der Waals surface area contributed by atoms with Crippen molar-refractivity contribution in [2.45, 2.75) is 44.6 Å². The van der Waals surface area contributed by atoms with E-state index >= 15 is 0 Å². The average Bonchev–Trinajstić information content (AvgIpc) is 2.97. The summed E-state index contributed by atoms with van der Waals surface area (Å²) in [6, 6.07) is 5.27. The van der Waals surface area contributed by atoms with Gasteiger partial charge in [0, 0.05) is 26.6 Å². The van der Waals surface area contributed by atoms with Gasteiger partial charge in [-0.2, -0.15) is 0 Å². The fraction of sp³-hybridized carbons (Fsp3) is 0.591. The van der Waals surface area contributed by atoms with Gasteiger partial charge in [-0.15, -0.1) is 0 Å². The van der Waals surface area contributed by atoms with E-state index in [0.29, 0.717) is 17.8 Å². The van der Waals surface area contributed by atoms with Gasteiger partial charge in [0.2, 0.25) is 11.8 Å². The molecule has 1 saturated carbocycles. The molecule has 8 heteroatoms. The summed E-state index contributed by atoms with van der Waals surface area (Å²) in [6.07, 6.45) is 5.39. The molecule has 1 aromatic carbocycles. The molecule has 160 valence electrons. The van der Waals surface area contributed by atoms with Crippen LogP contribution in [0.2, 0.25) is 0 Å². The number of piperidine rings is 2. The predicted molar refractivity (Wildman–Crippen MR) is 114 cm³/mol. The first kappa shape index (κ1) is 19.4. The maximum Gasteiger partial charge on any atom is 0.329 e. The smallest absolute Gasteiger partial charge is 0.329 e. The Morgan fingerprint density at radius 3 is 2.57 bits per heavy atom. The molecule has 0 bridgehead atoms. The van der Waals surface area contributed by atoms with Gasteiger partial charge < -0.3 is 10.6 Å². The number of amides is 2. The summed E-state index contributed by atoms with van der Waals surface area (Å²) in [7, 11) is 1.76. The molecule has 3 heterocycles. The molecular weight excluding hydrogens is 382 g/mol. The maximum absolute atomic E-state index is 13.1. The standard InChI is InChI=1S/C22H29N5O3/c1-25-19-15(26-9-7-22(8-10-26)11-14(12-22)13-23)3-2-4-16(19)27(21(25)30)17-5-6-18(28)24-20(17)29/h2-4,14,17H,5-13,23H2,1H3,(H,24,28,29). The number of para-hydroxylation sites is 1. The Kier molecular flexibility index (Phi) is 4.50. The highest BCUT2D eigenvalue weighted by Gasteiger charge is 2.45. The van der Waals surface area contributed by atoms with Gasteiger partial charge in [0.15, 0.2) is 0 Å². The number of nitrogens with one attached hydrogen (secondary N) is 1. The van der Waals surface area contributed by atoms with Crippen molar-refractivity contribution in [3.8, 4) is 0 Å². The summed E-state index contributed by atoms with van der Waals surface area (Å²) >= 11 is 0. The van der Waals surface area contributed by atoms with Crippen molar-refractivity contribution in [3.05, 3.63) is 28.7 Å². The molecule has 1 atom stereocenters. The van der Waals surface area contributed by atoms with Crippen molar-refractivity contribution >= 4 is 28.5 Å². The van der Waals surface area contributed by atoms with E-state index in [0.717, 1.165) is 49.2 Å².